The molecule has 0 bridgehead atoms. The Morgan fingerprint density at radius 1 is 1.44 bits per heavy atom. The van der Waals surface area contributed by atoms with Gasteiger partial charge in [-0.05, 0) is 18.9 Å². The number of carbonyl (C=O) groups excluding carboxylic acids is 1. The molecule has 7 heteroatoms. The number of nitrogens with one attached hydrogen (secondary N) is 3. The predicted octanol–water partition coefficient (Wildman–Crippen LogP) is -1.35. The van der Waals surface area contributed by atoms with Crippen LogP contribution in [0, 0.1) is 5.92 Å². The fourth-order valence-corrected chi connectivity index (χ4v) is 2.19. The molecule has 0 aromatic heterocycles. The SMILES string of the molecule is CC1CCNC1C(=O)NCCNS(C)(=O)=O. The molecular weight excluding hydrogens is 230 g/mol. The van der Waals surface area contributed by atoms with Crippen molar-refractivity contribution < 1.29 is 13.2 Å². The van der Waals surface area contributed by atoms with Crippen molar-refractivity contribution in [2.24, 2.45) is 5.92 Å². The highest BCUT2D eigenvalue weighted by molar-refractivity contribution is 7.88. The van der Waals surface area contributed by atoms with E-state index in [-0.39, 0.29) is 18.5 Å². The van der Waals surface area contributed by atoms with Crippen molar-refractivity contribution in [1.29, 1.82) is 0 Å². The largest absolute Gasteiger partial charge is 0.353 e. The highest BCUT2D eigenvalue weighted by Gasteiger charge is 2.28. The monoisotopic (exact) mass is 249 g/mol. The molecule has 0 saturated carbocycles. The van der Waals surface area contributed by atoms with Crippen molar-refractivity contribution in [3.8, 4) is 0 Å². The summed E-state index contributed by atoms with van der Waals surface area (Å²) in [5.74, 6) is 0.281. The van der Waals surface area contributed by atoms with E-state index in [0.717, 1.165) is 19.2 Å². The van der Waals surface area contributed by atoms with Crippen LogP contribution in [0.3, 0.4) is 0 Å². The molecule has 3 N–H and O–H groups in total. The minimum atomic E-state index is -3.17. The van der Waals surface area contributed by atoms with E-state index in [1.807, 2.05) is 6.92 Å². The molecule has 2 unspecified atom stereocenters. The van der Waals surface area contributed by atoms with Gasteiger partial charge in [0.15, 0.2) is 0 Å². The lowest BCUT2D eigenvalue weighted by atomic mass is 10.0. The molecule has 94 valence electrons. The Morgan fingerprint density at radius 3 is 2.62 bits per heavy atom. The summed E-state index contributed by atoms with van der Waals surface area (Å²) in [5, 5.41) is 5.81. The fourth-order valence-electron chi connectivity index (χ4n) is 1.72. The Bertz CT molecular complexity index is 342. The average molecular weight is 249 g/mol. The van der Waals surface area contributed by atoms with Gasteiger partial charge in [-0.2, -0.15) is 0 Å². The van der Waals surface area contributed by atoms with Crippen LogP contribution in [0.4, 0.5) is 0 Å². The molecule has 1 heterocycles. The van der Waals surface area contributed by atoms with Crippen molar-refractivity contribution in [3.63, 3.8) is 0 Å². The first-order valence-corrected chi connectivity index (χ1v) is 7.25. The van der Waals surface area contributed by atoms with Gasteiger partial charge in [-0.1, -0.05) is 6.92 Å². The number of amides is 1. The van der Waals surface area contributed by atoms with Crippen LogP contribution in [0.15, 0.2) is 0 Å². The molecule has 0 radical (unpaired) electrons. The van der Waals surface area contributed by atoms with E-state index in [1.165, 1.54) is 0 Å². The lowest BCUT2D eigenvalue weighted by Crippen LogP contribution is -2.45. The summed E-state index contributed by atoms with van der Waals surface area (Å²) < 4.78 is 23.8. The van der Waals surface area contributed by atoms with Crippen LogP contribution in [0.25, 0.3) is 0 Å². The molecule has 1 rings (SSSR count). The van der Waals surface area contributed by atoms with Crippen LogP contribution in [0.5, 0.6) is 0 Å². The molecule has 1 aliphatic heterocycles. The molecule has 1 amide bonds. The van der Waals surface area contributed by atoms with Gasteiger partial charge in [-0.15, -0.1) is 0 Å². The number of hydrogen-bond donors (Lipinski definition) is 3. The van der Waals surface area contributed by atoms with Crippen molar-refractivity contribution in [2.75, 3.05) is 25.9 Å². The Morgan fingerprint density at radius 2 is 2.12 bits per heavy atom. The second-order valence-corrected chi connectivity index (χ2v) is 5.99. The van der Waals surface area contributed by atoms with E-state index in [2.05, 4.69) is 15.4 Å². The van der Waals surface area contributed by atoms with Gasteiger partial charge < -0.3 is 10.6 Å². The number of carbonyl (C=O) groups is 1. The van der Waals surface area contributed by atoms with Crippen LogP contribution in [-0.4, -0.2) is 46.3 Å². The highest BCUT2D eigenvalue weighted by Crippen LogP contribution is 2.13. The van der Waals surface area contributed by atoms with Crippen molar-refractivity contribution in [3.05, 3.63) is 0 Å². The maximum absolute atomic E-state index is 11.6. The Kier molecular flexibility index (Phi) is 4.69. The summed E-state index contributed by atoms with van der Waals surface area (Å²) >= 11 is 0. The molecular formula is C9H19N3O3S. The van der Waals surface area contributed by atoms with Crippen molar-refractivity contribution in [1.82, 2.24) is 15.4 Å². The summed E-state index contributed by atoms with van der Waals surface area (Å²) in [6.45, 7) is 3.43. The van der Waals surface area contributed by atoms with Crippen LogP contribution in [0.1, 0.15) is 13.3 Å². The second-order valence-electron chi connectivity index (χ2n) is 4.16. The molecule has 1 saturated heterocycles. The van der Waals surface area contributed by atoms with Gasteiger partial charge in [0.2, 0.25) is 15.9 Å². The van der Waals surface area contributed by atoms with Crippen molar-refractivity contribution in [2.45, 2.75) is 19.4 Å². The van der Waals surface area contributed by atoms with E-state index in [4.69, 9.17) is 0 Å². The molecule has 16 heavy (non-hydrogen) atoms. The van der Waals surface area contributed by atoms with Gasteiger partial charge in [0.05, 0.1) is 12.3 Å². The van der Waals surface area contributed by atoms with E-state index in [1.54, 1.807) is 0 Å². The number of sulfonamides is 1. The van der Waals surface area contributed by atoms with Gasteiger partial charge in [0.25, 0.3) is 0 Å². The molecule has 0 aliphatic carbocycles. The molecule has 2 atom stereocenters. The number of hydrogen-bond acceptors (Lipinski definition) is 4. The quantitative estimate of drug-likeness (QED) is 0.526. The zero-order valence-electron chi connectivity index (χ0n) is 9.62. The minimum Gasteiger partial charge on any atom is -0.353 e. The third-order valence-electron chi connectivity index (χ3n) is 2.60. The first-order chi connectivity index (χ1) is 7.40. The van der Waals surface area contributed by atoms with E-state index < -0.39 is 10.0 Å². The second kappa shape index (κ2) is 5.60. The first kappa shape index (κ1) is 13.4. The van der Waals surface area contributed by atoms with Crippen LogP contribution in [-0.2, 0) is 14.8 Å². The molecule has 1 aliphatic rings. The summed E-state index contributed by atoms with van der Waals surface area (Å²) in [5.41, 5.74) is 0. The van der Waals surface area contributed by atoms with Crippen molar-refractivity contribution >= 4 is 15.9 Å². The average Bonchev–Trinajstić information content (AvgIpc) is 2.57. The van der Waals surface area contributed by atoms with Crippen LogP contribution in [0.2, 0.25) is 0 Å². The maximum Gasteiger partial charge on any atom is 0.237 e. The Balaban J connectivity index is 2.20. The van der Waals surface area contributed by atoms with Gasteiger partial charge in [-0.3, -0.25) is 4.79 Å². The van der Waals surface area contributed by atoms with Gasteiger partial charge in [0.1, 0.15) is 0 Å². The predicted molar refractivity (Wildman–Crippen MR) is 61.4 cm³/mol. The summed E-state index contributed by atoms with van der Waals surface area (Å²) in [7, 11) is -3.17. The van der Waals surface area contributed by atoms with E-state index in [0.29, 0.717) is 12.5 Å². The summed E-state index contributed by atoms with van der Waals surface area (Å²) in [4.78, 5) is 11.6. The van der Waals surface area contributed by atoms with Gasteiger partial charge >= 0.3 is 0 Å². The Hall–Kier alpha value is -0.660. The molecule has 0 spiro atoms. The maximum atomic E-state index is 11.6. The highest BCUT2D eigenvalue weighted by atomic mass is 32.2. The third-order valence-corrected chi connectivity index (χ3v) is 3.33. The lowest BCUT2D eigenvalue weighted by molar-refractivity contribution is -0.123. The molecule has 6 nitrogen and oxygen atoms in total. The van der Waals surface area contributed by atoms with Crippen LogP contribution >= 0.6 is 0 Å². The molecule has 0 aromatic carbocycles. The molecule has 0 aromatic rings. The smallest absolute Gasteiger partial charge is 0.237 e. The van der Waals surface area contributed by atoms with Gasteiger partial charge in [0, 0.05) is 13.1 Å². The zero-order chi connectivity index (χ0) is 12.2. The summed E-state index contributed by atoms with van der Waals surface area (Å²) in [6, 6.07) is -0.141. The number of rotatable bonds is 5. The normalized spacial score (nSPS) is 25.6. The van der Waals surface area contributed by atoms with E-state index >= 15 is 0 Å². The van der Waals surface area contributed by atoms with Gasteiger partial charge in [-0.25, -0.2) is 13.1 Å². The van der Waals surface area contributed by atoms with E-state index in [9.17, 15) is 13.2 Å². The standard InChI is InChI=1S/C9H19N3O3S/c1-7-3-4-10-8(7)9(13)11-5-6-12-16(2,14)15/h7-8,10,12H,3-6H2,1-2H3,(H,11,13). The fraction of sp³-hybridized carbons (Fsp3) is 0.889. The van der Waals surface area contributed by atoms with Crippen LogP contribution < -0.4 is 15.4 Å². The summed E-state index contributed by atoms with van der Waals surface area (Å²) in [6.07, 6.45) is 2.09. The first-order valence-electron chi connectivity index (χ1n) is 5.36. The Labute approximate surface area is 96.2 Å². The zero-order valence-corrected chi connectivity index (χ0v) is 10.4. The third kappa shape index (κ3) is 4.46. The minimum absolute atomic E-state index is 0.0553. The molecule has 1 fully saturated rings. The topological polar surface area (TPSA) is 87.3 Å². The lowest BCUT2D eigenvalue weighted by Gasteiger charge is -2.15.